The molecule has 0 radical (unpaired) electrons. The number of halogens is 4. The zero-order valence-electron chi connectivity index (χ0n) is 18.0. The van der Waals surface area contributed by atoms with Gasteiger partial charge in [-0.1, -0.05) is 0 Å². The van der Waals surface area contributed by atoms with E-state index in [0.717, 1.165) is 12.8 Å². The van der Waals surface area contributed by atoms with Gasteiger partial charge in [0.1, 0.15) is 12.2 Å². The van der Waals surface area contributed by atoms with Crippen LogP contribution in [-0.4, -0.2) is 89.0 Å². The van der Waals surface area contributed by atoms with Crippen molar-refractivity contribution in [3.05, 3.63) is 24.1 Å². The third-order valence-corrected chi connectivity index (χ3v) is 5.29. The number of likely N-dealkylation sites (N-methyl/N-ethyl adjacent to an activating group) is 1. The molecule has 2 aliphatic rings. The zero-order valence-corrected chi connectivity index (χ0v) is 18.0. The smallest absolute Gasteiger partial charge is 0.475 e. The summed E-state index contributed by atoms with van der Waals surface area (Å²) in [4.78, 5) is 29.5. The van der Waals surface area contributed by atoms with Crippen molar-refractivity contribution in [2.24, 2.45) is 0 Å². The van der Waals surface area contributed by atoms with Gasteiger partial charge in [0.15, 0.2) is 5.82 Å². The van der Waals surface area contributed by atoms with Gasteiger partial charge in [-0.2, -0.15) is 13.2 Å². The number of carboxylic acid groups (broad SMARTS) is 1. The average molecular weight is 465 g/mol. The summed E-state index contributed by atoms with van der Waals surface area (Å²) in [5.74, 6) is -3.23. The number of carboxylic acids is 1. The molecular weight excluding hydrogens is 438 g/mol. The van der Waals surface area contributed by atoms with Crippen LogP contribution in [-0.2, 0) is 14.3 Å². The summed E-state index contributed by atoms with van der Waals surface area (Å²) >= 11 is 0. The minimum absolute atomic E-state index is 0.0152. The van der Waals surface area contributed by atoms with Crippen LogP contribution in [0.2, 0.25) is 0 Å². The number of likely N-dealkylation sites (tertiary alicyclic amines) is 1. The van der Waals surface area contributed by atoms with Crippen LogP contribution in [0.1, 0.15) is 26.7 Å². The third kappa shape index (κ3) is 6.76. The fourth-order valence-electron chi connectivity index (χ4n) is 3.39. The minimum atomic E-state index is -5.08. The Hall–Kier alpha value is -2.47. The summed E-state index contributed by atoms with van der Waals surface area (Å²) in [5.41, 5.74) is 0. The van der Waals surface area contributed by atoms with E-state index in [1.807, 2.05) is 16.8 Å². The number of hydrogen-bond acceptors (Lipinski definition) is 6. The molecule has 2 aliphatic heterocycles. The molecule has 1 amide bonds. The first kappa shape index (κ1) is 25.8. The van der Waals surface area contributed by atoms with Gasteiger partial charge in [0, 0.05) is 18.8 Å². The SMILES string of the molecule is CC(C)N(C)CC(=O)N1C[C@H](Oc2ncccc2F)[C@H]2OCCC[C@H]21.O=C(O)C(F)(F)F. The fraction of sp³-hybridized carbons (Fsp3) is 0.650. The standard InChI is InChI=1S/C18H26FN3O3.C2HF3O2/c1-12(2)21(3)11-16(23)22-10-15(17-14(22)7-5-9-24-17)25-18-13(19)6-4-8-20-18;3-2(4,5)1(6)7/h4,6,8,12,14-15,17H,5,7,9-11H2,1-3H3;(H,6,7)/t14-,15+,17+;/m1./s1. The van der Waals surface area contributed by atoms with E-state index in [0.29, 0.717) is 25.7 Å². The van der Waals surface area contributed by atoms with Crippen molar-refractivity contribution in [1.82, 2.24) is 14.8 Å². The predicted octanol–water partition coefficient (Wildman–Crippen LogP) is 2.33. The summed E-state index contributed by atoms with van der Waals surface area (Å²) in [7, 11) is 1.94. The number of nitrogens with zero attached hydrogens (tertiary/aromatic N) is 3. The van der Waals surface area contributed by atoms with Crippen molar-refractivity contribution >= 4 is 11.9 Å². The van der Waals surface area contributed by atoms with Crippen LogP contribution in [0.3, 0.4) is 0 Å². The lowest BCUT2D eigenvalue weighted by atomic mass is 10.0. The molecule has 0 spiro atoms. The Bertz CT molecular complexity index is 793. The number of hydrogen-bond donors (Lipinski definition) is 1. The molecule has 0 aromatic carbocycles. The maximum atomic E-state index is 13.9. The molecule has 3 rings (SSSR count). The van der Waals surface area contributed by atoms with Gasteiger partial charge in [0.2, 0.25) is 5.91 Å². The maximum absolute atomic E-state index is 13.9. The fourth-order valence-corrected chi connectivity index (χ4v) is 3.39. The van der Waals surface area contributed by atoms with E-state index in [2.05, 4.69) is 18.8 Å². The highest BCUT2D eigenvalue weighted by Crippen LogP contribution is 2.31. The Kier molecular flexibility index (Phi) is 8.79. The number of rotatable bonds is 5. The highest BCUT2D eigenvalue weighted by molar-refractivity contribution is 5.79. The lowest BCUT2D eigenvalue weighted by Crippen LogP contribution is -2.47. The average Bonchev–Trinajstić information content (AvgIpc) is 3.08. The van der Waals surface area contributed by atoms with Crippen LogP contribution < -0.4 is 4.74 Å². The molecule has 0 saturated carbocycles. The molecule has 0 unspecified atom stereocenters. The summed E-state index contributed by atoms with van der Waals surface area (Å²) in [6.45, 7) is 5.50. The van der Waals surface area contributed by atoms with Gasteiger partial charge in [-0.05, 0) is 45.9 Å². The van der Waals surface area contributed by atoms with Gasteiger partial charge < -0.3 is 19.5 Å². The molecule has 12 heteroatoms. The summed E-state index contributed by atoms with van der Waals surface area (Å²) in [6.07, 6.45) is -2.43. The number of alkyl halides is 3. The normalized spacial score (nSPS) is 22.9. The van der Waals surface area contributed by atoms with Crippen molar-refractivity contribution in [2.75, 3.05) is 26.7 Å². The monoisotopic (exact) mass is 465 g/mol. The van der Waals surface area contributed by atoms with E-state index in [1.54, 1.807) is 0 Å². The lowest BCUT2D eigenvalue weighted by molar-refractivity contribution is -0.192. The van der Waals surface area contributed by atoms with Gasteiger partial charge in [-0.25, -0.2) is 14.2 Å². The van der Waals surface area contributed by atoms with Gasteiger partial charge >= 0.3 is 12.1 Å². The van der Waals surface area contributed by atoms with E-state index < -0.39 is 24.1 Å². The van der Waals surface area contributed by atoms with Crippen molar-refractivity contribution in [1.29, 1.82) is 0 Å². The highest BCUT2D eigenvalue weighted by atomic mass is 19.4. The lowest BCUT2D eigenvalue weighted by Gasteiger charge is -2.33. The Morgan fingerprint density at radius 3 is 2.62 bits per heavy atom. The van der Waals surface area contributed by atoms with Crippen LogP contribution in [0.15, 0.2) is 18.3 Å². The second-order valence-corrected chi connectivity index (χ2v) is 7.85. The molecule has 1 N–H and O–H groups in total. The Labute approximate surface area is 183 Å². The first-order valence-corrected chi connectivity index (χ1v) is 10.1. The summed E-state index contributed by atoms with van der Waals surface area (Å²) in [5, 5.41) is 7.12. The largest absolute Gasteiger partial charge is 0.490 e. The number of ether oxygens (including phenoxy) is 2. The van der Waals surface area contributed by atoms with E-state index >= 15 is 0 Å². The second kappa shape index (κ2) is 10.9. The Morgan fingerprint density at radius 2 is 2.06 bits per heavy atom. The van der Waals surface area contributed by atoms with E-state index in [9.17, 15) is 22.4 Å². The Balaban J connectivity index is 0.000000451. The van der Waals surface area contributed by atoms with E-state index in [1.165, 1.54) is 18.3 Å². The molecule has 0 aliphatic carbocycles. The number of amides is 1. The number of fused-ring (bicyclic) bond motifs is 1. The maximum Gasteiger partial charge on any atom is 0.490 e. The molecule has 1 aromatic rings. The molecule has 32 heavy (non-hydrogen) atoms. The molecule has 2 fully saturated rings. The van der Waals surface area contributed by atoms with Gasteiger partial charge in [0.05, 0.1) is 19.1 Å². The topological polar surface area (TPSA) is 92.2 Å². The van der Waals surface area contributed by atoms with E-state index in [-0.39, 0.29) is 23.9 Å². The van der Waals surface area contributed by atoms with Crippen LogP contribution >= 0.6 is 0 Å². The third-order valence-electron chi connectivity index (χ3n) is 5.29. The van der Waals surface area contributed by atoms with Crippen LogP contribution in [0.4, 0.5) is 17.6 Å². The van der Waals surface area contributed by atoms with Gasteiger partial charge in [-0.15, -0.1) is 0 Å². The van der Waals surface area contributed by atoms with Gasteiger partial charge in [-0.3, -0.25) is 9.69 Å². The van der Waals surface area contributed by atoms with Crippen molar-refractivity contribution < 1.29 is 41.7 Å². The number of aliphatic carboxylic acids is 1. The molecule has 3 heterocycles. The molecule has 2 saturated heterocycles. The Morgan fingerprint density at radius 1 is 1.41 bits per heavy atom. The van der Waals surface area contributed by atoms with Crippen LogP contribution in [0.5, 0.6) is 5.88 Å². The predicted molar refractivity (Wildman–Crippen MR) is 105 cm³/mol. The number of aromatic nitrogens is 1. The van der Waals surface area contributed by atoms with Crippen molar-refractivity contribution in [3.8, 4) is 5.88 Å². The zero-order chi connectivity index (χ0) is 24.1. The second-order valence-electron chi connectivity index (χ2n) is 7.85. The molecule has 180 valence electrons. The van der Waals surface area contributed by atoms with Gasteiger partial charge in [0.25, 0.3) is 5.88 Å². The number of pyridine rings is 1. The quantitative estimate of drug-likeness (QED) is 0.668. The highest BCUT2D eigenvalue weighted by Gasteiger charge is 2.47. The van der Waals surface area contributed by atoms with E-state index in [4.69, 9.17) is 19.4 Å². The van der Waals surface area contributed by atoms with Crippen LogP contribution in [0.25, 0.3) is 0 Å². The molecular formula is C20H27F4N3O5. The first-order valence-electron chi connectivity index (χ1n) is 10.1. The summed E-state index contributed by atoms with van der Waals surface area (Å²) < 4.78 is 57.3. The first-order chi connectivity index (χ1) is 14.9. The van der Waals surface area contributed by atoms with Crippen molar-refractivity contribution in [2.45, 2.75) is 57.2 Å². The number of carbonyl (C=O) groups excluding carboxylic acids is 1. The van der Waals surface area contributed by atoms with Crippen LogP contribution in [0, 0.1) is 5.82 Å². The molecule has 1 aromatic heterocycles. The van der Waals surface area contributed by atoms with Crippen molar-refractivity contribution in [3.63, 3.8) is 0 Å². The molecule has 8 nitrogen and oxygen atoms in total. The summed E-state index contributed by atoms with van der Waals surface area (Å²) in [6, 6.07) is 3.11. The molecule has 0 bridgehead atoms. The molecule has 3 atom stereocenters. The number of carbonyl (C=O) groups is 2. The minimum Gasteiger partial charge on any atom is -0.475 e.